The lowest BCUT2D eigenvalue weighted by Gasteiger charge is -2.33. The minimum absolute atomic E-state index is 0.216. The smallest absolute Gasteiger partial charge is 0.292 e. The van der Waals surface area contributed by atoms with E-state index in [9.17, 15) is 9.18 Å². The van der Waals surface area contributed by atoms with E-state index in [1.165, 1.54) is 17.4 Å². The number of carbonyl (C=O) groups excluding carboxylic acids is 1. The third kappa shape index (κ3) is 2.54. The molecule has 1 aromatic carbocycles. The van der Waals surface area contributed by atoms with Crippen molar-refractivity contribution in [2.24, 2.45) is 0 Å². The largest absolute Gasteiger partial charge is 0.436 e. The molecule has 1 aliphatic rings. The summed E-state index contributed by atoms with van der Waals surface area (Å²) in [7, 11) is 0. The number of para-hydroxylation sites is 1. The van der Waals surface area contributed by atoms with Gasteiger partial charge in [0.1, 0.15) is 22.4 Å². The molecule has 9 heteroatoms. The standard InChI is InChI=1S/C19H16FN5O2S/c1-9-17(27-10(2)23-9)19(26)25-7-6-12-15(22-8-21-12)16(25)18-24-14-11(20)4-3-5-13(14)28-18/h3-5,8,16H,6-7H2,1-2H3,(H,21,22)/t16-/m0/s1. The Morgan fingerprint density at radius 2 is 2.21 bits per heavy atom. The fraction of sp³-hybridized carbons (Fsp3) is 0.263. The first-order chi connectivity index (χ1) is 13.5. The van der Waals surface area contributed by atoms with Crippen LogP contribution in [0.4, 0.5) is 4.39 Å². The number of nitrogens with one attached hydrogen (secondary N) is 1. The maximum absolute atomic E-state index is 14.2. The van der Waals surface area contributed by atoms with Crippen molar-refractivity contribution in [2.45, 2.75) is 26.3 Å². The predicted octanol–water partition coefficient (Wildman–Crippen LogP) is 3.55. The summed E-state index contributed by atoms with van der Waals surface area (Å²) in [4.78, 5) is 31.3. The van der Waals surface area contributed by atoms with Crippen LogP contribution >= 0.6 is 11.3 Å². The third-order valence-electron chi connectivity index (χ3n) is 4.90. The Bertz CT molecular complexity index is 1210. The quantitative estimate of drug-likeness (QED) is 0.559. The van der Waals surface area contributed by atoms with Crippen molar-refractivity contribution in [3.8, 4) is 0 Å². The minimum atomic E-state index is -0.510. The Balaban J connectivity index is 1.65. The van der Waals surface area contributed by atoms with Crippen LogP contribution in [0.2, 0.25) is 0 Å². The monoisotopic (exact) mass is 397 g/mol. The summed E-state index contributed by atoms with van der Waals surface area (Å²) in [5.41, 5.74) is 2.54. The van der Waals surface area contributed by atoms with Crippen molar-refractivity contribution in [1.82, 2.24) is 24.8 Å². The van der Waals surface area contributed by atoms with Crippen LogP contribution in [0.25, 0.3) is 10.2 Å². The lowest BCUT2D eigenvalue weighted by atomic mass is 10.0. The number of rotatable bonds is 2. The summed E-state index contributed by atoms with van der Waals surface area (Å²) in [6, 6.07) is 4.36. The van der Waals surface area contributed by atoms with Crippen LogP contribution in [0.3, 0.4) is 0 Å². The fourth-order valence-electron chi connectivity index (χ4n) is 3.65. The molecule has 3 aromatic heterocycles. The van der Waals surface area contributed by atoms with Crippen molar-refractivity contribution in [3.63, 3.8) is 0 Å². The lowest BCUT2D eigenvalue weighted by Crippen LogP contribution is -2.40. The third-order valence-corrected chi connectivity index (χ3v) is 5.98. The first-order valence-electron chi connectivity index (χ1n) is 8.85. The summed E-state index contributed by atoms with van der Waals surface area (Å²) >= 11 is 1.37. The van der Waals surface area contributed by atoms with Crippen LogP contribution < -0.4 is 0 Å². The molecule has 0 fully saturated rings. The zero-order chi connectivity index (χ0) is 19.4. The van der Waals surface area contributed by atoms with E-state index in [1.807, 2.05) is 6.07 Å². The number of oxazole rings is 1. The Labute approximate surface area is 163 Å². The summed E-state index contributed by atoms with van der Waals surface area (Å²) in [6.45, 7) is 3.92. The predicted molar refractivity (Wildman–Crippen MR) is 101 cm³/mol. The van der Waals surface area contributed by atoms with Crippen molar-refractivity contribution in [3.05, 3.63) is 64.1 Å². The molecule has 1 atom stereocenters. The van der Waals surface area contributed by atoms with Crippen LogP contribution in [0.1, 0.15) is 44.6 Å². The van der Waals surface area contributed by atoms with Gasteiger partial charge < -0.3 is 14.3 Å². The van der Waals surface area contributed by atoms with Gasteiger partial charge in [0.05, 0.1) is 22.4 Å². The van der Waals surface area contributed by atoms with Crippen molar-refractivity contribution >= 4 is 27.5 Å². The van der Waals surface area contributed by atoms with Crippen molar-refractivity contribution in [2.75, 3.05) is 6.54 Å². The highest BCUT2D eigenvalue weighted by atomic mass is 32.1. The van der Waals surface area contributed by atoms with Gasteiger partial charge in [-0.2, -0.15) is 0 Å². The highest BCUT2D eigenvalue weighted by Gasteiger charge is 2.38. The highest BCUT2D eigenvalue weighted by molar-refractivity contribution is 7.18. The average molecular weight is 397 g/mol. The molecular weight excluding hydrogens is 381 g/mol. The number of aromatic nitrogens is 4. The first kappa shape index (κ1) is 17.1. The number of thiazole rings is 1. The Morgan fingerprint density at radius 1 is 1.36 bits per heavy atom. The van der Waals surface area contributed by atoms with E-state index in [2.05, 4.69) is 19.9 Å². The van der Waals surface area contributed by atoms with Gasteiger partial charge in [0, 0.05) is 25.6 Å². The van der Waals surface area contributed by atoms with E-state index in [4.69, 9.17) is 4.42 Å². The van der Waals surface area contributed by atoms with Crippen LogP contribution in [-0.2, 0) is 6.42 Å². The summed E-state index contributed by atoms with van der Waals surface area (Å²) in [5.74, 6) is 0.0137. The van der Waals surface area contributed by atoms with E-state index < -0.39 is 6.04 Å². The Hall–Kier alpha value is -3.07. The van der Waals surface area contributed by atoms with Gasteiger partial charge in [-0.3, -0.25) is 4.79 Å². The number of aromatic amines is 1. The number of carbonyl (C=O) groups is 1. The van der Waals surface area contributed by atoms with Crippen LogP contribution in [0.5, 0.6) is 0 Å². The van der Waals surface area contributed by atoms with Crippen LogP contribution in [0.15, 0.2) is 28.9 Å². The molecule has 0 spiro atoms. The first-order valence-corrected chi connectivity index (χ1v) is 9.66. The number of aryl methyl sites for hydroxylation is 2. The van der Waals surface area contributed by atoms with Crippen molar-refractivity contribution in [1.29, 1.82) is 0 Å². The number of fused-ring (bicyclic) bond motifs is 2. The van der Waals surface area contributed by atoms with Gasteiger partial charge in [-0.05, 0) is 19.1 Å². The molecule has 0 aliphatic carbocycles. The maximum atomic E-state index is 14.2. The van der Waals surface area contributed by atoms with E-state index >= 15 is 0 Å². The van der Waals surface area contributed by atoms with Gasteiger partial charge in [0.15, 0.2) is 5.89 Å². The highest BCUT2D eigenvalue weighted by Crippen LogP contribution is 2.38. The molecule has 1 N–H and O–H groups in total. The number of imidazole rings is 1. The molecule has 0 saturated heterocycles. The summed E-state index contributed by atoms with van der Waals surface area (Å²) in [5, 5.41) is 0.621. The van der Waals surface area contributed by atoms with Gasteiger partial charge in [-0.1, -0.05) is 6.07 Å². The number of benzene rings is 1. The van der Waals surface area contributed by atoms with Gasteiger partial charge in [0.2, 0.25) is 5.76 Å². The molecule has 1 aliphatic heterocycles. The molecule has 0 radical (unpaired) electrons. The topological polar surface area (TPSA) is 87.9 Å². The molecule has 0 bridgehead atoms. The molecular formula is C19H16FN5O2S. The molecule has 142 valence electrons. The minimum Gasteiger partial charge on any atom is -0.436 e. The van der Waals surface area contributed by atoms with Gasteiger partial charge in [-0.15, -0.1) is 11.3 Å². The molecule has 0 saturated carbocycles. The molecule has 28 heavy (non-hydrogen) atoms. The number of hydrogen-bond donors (Lipinski definition) is 1. The van der Waals surface area contributed by atoms with Crippen LogP contribution in [-0.4, -0.2) is 37.3 Å². The zero-order valence-corrected chi connectivity index (χ0v) is 16.0. The molecule has 4 aromatic rings. The second kappa shape index (κ2) is 6.23. The maximum Gasteiger partial charge on any atom is 0.292 e. The number of amides is 1. The van der Waals surface area contributed by atoms with Gasteiger partial charge in [0.25, 0.3) is 5.91 Å². The average Bonchev–Trinajstić information content (AvgIpc) is 3.38. The molecule has 7 nitrogen and oxygen atoms in total. The number of halogens is 1. The van der Waals surface area contributed by atoms with E-state index in [0.717, 1.165) is 16.1 Å². The number of nitrogens with zero attached hydrogens (tertiary/aromatic N) is 4. The molecule has 1 amide bonds. The SMILES string of the molecule is Cc1nc(C)c(C(=O)N2CCc3[nH]cnc3[C@H]2c2nc3c(F)cccc3s2)o1. The molecule has 5 rings (SSSR count). The zero-order valence-electron chi connectivity index (χ0n) is 15.2. The van der Waals surface area contributed by atoms with Crippen molar-refractivity contribution < 1.29 is 13.6 Å². The fourth-order valence-corrected chi connectivity index (χ4v) is 4.75. The second-order valence-electron chi connectivity index (χ2n) is 6.70. The number of hydrogen-bond acceptors (Lipinski definition) is 6. The normalized spacial score (nSPS) is 16.5. The van der Waals surface area contributed by atoms with E-state index in [0.29, 0.717) is 35.1 Å². The molecule has 4 heterocycles. The van der Waals surface area contributed by atoms with E-state index in [-0.39, 0.29) is 17.5 Å². The van der Waals surface area contributed by atoms with Gasteiger partial charge in [-0.25, -0.2) is 19.3 Å². The summed E-state index contributed by atoms with van der Waals surface area (Å²) in [6.07, 6.45) is 2.26. The second-order valence-corrected chi connectivity index (χ2v) is 7.77. The summed E-state index contributed by atoms with van der Waals surface area (Å²) < 4.78 is 20.5. The van der Waals surface area contributed by atoms with Gasteiger partial charge >= 0.3 is 0 Å². The number of H-pyrrole nitrogens is 1. The Kier molecular flexibility index (Phi) is 3.80. The Morgan fingerprint density at radius 3 is 2.96 bits per heavy atom. The van der Waals surface area contributed by atoms with Crippen LogP contribution in [0, 0.1) is 19.7 Å². The molecule has 0 unspecified atom stereocenters. The van der Waals surface area contributed by atoms with E-state index in [1.54, 1.807) is 31.1 Å². The lowest BCUT2D eigenvalue weighted by molar-refractivity contribution is 0.0655.